The van der Waals surface area contributed by atoms with Gasteiger partial charge >= 0.3 is 17.9 Å². The maximum absolute atomic E-state index is 11.0. The predicted octanol–water partition coefficient (Wildman–Crippen LogP) is -0.516. The number of rotatable bonds is 7. The van der Waals surface area contributed by atoms with Gasteiger partial charge in [-0.25, -0.2) is 9.59 Å². The van der Waals surface area contributed by atoms with Crippen molar-refractivity contribution < 1.29 is 34.1 Å². The van der Waals surface area contributed by atoms with E-state index in [-0.39, 0.29) is 18.8 Å². The molecule has 2 N–H and O–H groups in total. The first-order valence-corrected chi connectivity index (χ1v) is 4.73. The monoisotopic (exact) mass is 246 g/mol. The van der Waals surface area contributed by atoms with Crippen molar-refractivity contribution in [3.8, 4) is 0 Å². The quantitative estimate of drug-likeness (QED) is 0.353. The summed E-state index contributed by atoms with van der Waals surface area (Å²) < 4.78 is 9.08. The van der Waals surface area contributed by atoms with E-state index < -0.39 is 30.4 Å². The molecule has 0 aliphatic rings. The lowest BCUT2D eigenvalue weighted by Crippen LogP contribution is -2.27. The highest BCUT2D eigenvalue weighted by Crippen LogP contribution is 1.96. The zero-order valence-electron chi connectivity index (χ0n) is 9.34. The third-order valence-electron chi connectivity index (χ3n) is 1.55. The molecule has 0 radical (unpaired) electrons. The number of aliphatic carboxylic acids is 1. The fourth-order valence-electron chi connectivity index (χ4n) is 0.745. The van der Waals surface area contributed by atoms with Gasteiger partial charge in [-0.05, 0) is 6.92 Å². The SMILES string of the molecule is C=C(C)C(=O)OCCOC(=O)C(O)CC(=O)O. The van der Waals surface area contributed by atoms with Gasteiger partial charge in [-0.1, -0.05) is 6.58 Å². The molecule has 0 spiro atoms. The van der Waals surface area contributed by atoms with Crippen molar-refractivity contribution in [1.82, 2.24) is 0 Å². The largest absolute Gasteiger partial charge is 0.481 e. The Morgan fingerprint density at radius 1 is 1.24 bits per heavy atom. The van der Waals surface area contributed by atoms with Crippen LogP contribution < -0.4 is 0 Å². The van der Waals surface area contributed by atoms with Crippen molar-refractivity contribution in [3.63, 3.8) is 0 Å². The van der Waals surface area contributed by atoms with Crippen molar-refractivity contribution in [2.24, 2.45) is 0 Å². The second-order valence-corrected chi connectivity index (χ2v) is 3.20. The van der Waals surface area contributed by atoms with Crippen LogP contribution in [0.2, 0.25) is 0 Å². The number of carbonyl (C=O) groups is 3. The van der Waals surface area contributed by atoms with Gasteiger partial charge in [0.1, 0.15) is 13.2 Å². The van der Waals surface area contributed by atoms with Gasteiger partial charge in [0.05, 0.1) is 6.42 Å². The maximum atomic E-state index is 11.0. The van der Waals surface area contributed by atoms with E-state index in [2.05, 4.69) is 16.1 Å². The van der Waals surface area contributed by atoms with E-state index in [4.69, 9.17) is 10.2 Å². The number of aliphatic hydroxyl groups is 1. The molecule has 1 unspecified atom stereocenters. The number of ether oxygens (including phenoxy) is 2. The number of esters is 2. The molecule has 0 rings (SSSR count). The lowest BCUT2D eigenvalue weighted by Gasteiger charge is -2.09. The van der Waals surface area contributed by atoms with E-state index in [1.165, 1.54) is 6.92 Å². The van der Waals surface area contributed by atoms with Crippen molar-refractivity contribution in [1.29, 1.82) is 0 Å². The van der Waals surface area contributed by atoms with Crippen LogP contribution in [-0.2, 0) is 23.9 Å². The molecule has 0 bridgehead atoms. The molecule has 0 aliphatic carbocycles. The maximum Gasteiger partial charge on any atom is 0.335 e. The van der Waals surface area contributed by atoms with Crippen LogP contribution in [0.5, 0.6) is 0 Å². The molecule has 0 heterocycles. The molecule has 0 saturated carbocycles. The minimum atomic E-state index is -1.72. The average Bonchev–Trinajstić information content (AvgIpc) is 2.22. The van der Waals surface area contributed by atoms with Crippen LogP contribution in [0.1, 0.15) is 13.3 Å². The third-order valence-corrected chi connectivity index (χ3v) is 1.55. The fourth-order valence-corrected chi connectivity index (χ4v) is 0.745. The molecule has 17 heavy (non-hydrogen) atoms. The van der Waals surface area contributed by atoms with Crippen LogP contribution in [0, 0.1) is 0 Å². The highest BCUT2D eigenvalue weighted by atomic mass is 16.6. The molecule has 0 fully saturated rings. The predicted molar refractivity (Wildman–Crippen MR) is 55.0 cm³/mol. The number of hydrogen-bond donors (Lipinski definition) is 2. The first kappa shape index (κ1) is 15.1. The highest BCUT2D eigenvalue weighted by molar-refractivity contribution is 5.86. The van der Waals surface area contributed by atoms with E-state index in [1.54, 1.807) is 0 Å². The fraction of sp³-hybridized carbons (Fsp3) is 0.500. The summed E-state index contributed by atoms with van der Waals surface area (Å²) in [4.78, 5) is 32.0. The number of aliphatic hydroxyl groups excluding tert-OH is 1. The van der Waals surface area contributed by atoms with Crippen molar-refractivity contribution in [2.45, 2.75) is 19.4 Å². The van der Waals surface area contributed by atoms with Gasteiger partial charge in [0, 0.05) is 5.57 Å². The lowest BCUT2D eigenvalue weighted by atomic mass is 10.2. The summed E-state index contributed by atoms with van der Waals surface area (Å²) in [7, 11) is 0. The second kappa shape index (κ2) is 7.39. The Morgan fingerprint density at radius 2 is 1.76 bits per heavy atom. The molecule has 0 aromatic heterocycles. The first-order chi connectivity index (χ1) is 7.84. The normalized spacial score (nSPS) is 11.4. The van der Waals surface area contributed by atoms with Crippen LogP contribution in [-0.4, -0.2) is 47.4 Å². The van der Waals surface area contributed by atoms with E-state index in [0.717, 1.165) is 0 Å². The molecule has 0 aliphatic heterocycles. The summed E-state index contributed by atoms with van der Waals surface area (Å²) in [5, 5.41) is 17.3. The molecule has 0 aromatic rings. The summed E-state index contributed by atoms with van der Waals surface area (Å²) in [6, 6.07) is 0. The molecule has 0 saturated heterocycles. The summed E-state index contributed by atoms with van der Waals surface area (Å²) in [6.45, 7) is 4.37. The van der Waals surface area contributed by atoms with Crippen LogP contribution >= 0.6 is 0 Å². The van der Waals surface area contributed by atoms with E-state index in [9.17, 15) is 14.4 Å². The average molecular weight is 246 g/mol. The highest BCUT2D eigenvalue weighted by Gasteiger charge is 2.19. The van der Waals surface area contributed by atoms with Gasteiger partial charge < -0.3 is 19.7 Å². The first-order valence-electron chi connectivity index (χ1n) is 4.73. The lowest BCUT2D eigenvalue weighted by molar-refractivity contribution is -0.160. The minimum Gasteiger partial charge on any atom is -0.481 e. The Kier molecular flexibility index (Phi) is 6.57. The van der Waals surface area contributed by atoms with Crippen LogP contribution in [0.25, 0.3) is 0 Å². The van der Waals surface area contributed by atoms with Gasteiger partial charge in [-0.15, -0.1) is 0 Å². The standard InChI is InChI=1S/C10H14O7/c1-6(2)9(14)16-3-4-17-10(15)7(11)5-8(12)13/h7,11H,1,3-5H2,2H3,(H,12,13). The van der Waals surface area contributed by atoms with Crippen LogP contribution in [0.3, 0.4) is 0 Å². The topological polar surface area (TPSA) is 110 Å². The zero-order valence-corrected chi connectivity index (χ0v) is 9.34. The summed E-state index contributed by atoms with van der Waals surface area (Å²) in [5.41, 5.74) is 0.210. The van der Waals surface area contributed by atoms with E-state index >= 15 is 0 Å². The molecule has 0 aromatic carbocycles. The smallest absolute Gasteiger partial charge is 0.335 e. The van der Waals surface area contributed by atoms with Gasteiger partial charge in [0.2, 0.25) is 0 Å². The van der Waals surface area contributed by atoms with Crippen LogP contribution in [0.15, 0.2) is 12.2 Å². The van der Waals surface area contributed by atoms with Crippen molar-refractivity contribution >= 4 is 17.9 Å². The minimum absolute atomic E-state index is 0.183. The molecule has 7 nitrogen and oxygen atoms in total. The second-order valence-electron chi connectivity index (χ2n) is 3.20. The summed E-state index contributed by atoms with van der Waals surface area (Å²) >= 11 is 0. The van der Waals surface area contributed by atoms with Gasteiger partial charge in [-0.3, -0.25) is 4.79 Å². The van der Waals surface area contributed by atoms with Gasteiger partial charge in [0.25, 0.3) is 0 Å². The molecule has 0 amide bonds. The number of carboxylic acid groups (broad SMARTS) is 1. The molecule has 7 heteroatoms. The molecule has 1 atom stereocenters. The summed E-state index contributed by atoms with van der Waals surface area (Å²) in [6.07, 6.45) is -2.45. The van der Waals surface area contributed by atoms with E-state index in [1.807, 2.05) is 0 Å². The Morgan fingerprint density at radius 3 is 2.24 bits per heavy atom. The summed E-state index contributed by atoms with van der Waals surface area (Å²) in [5.74, 6) is -3.01. The van der Waals surface area contributed by atoms with Gasteiger partial charge in [-0.2, -0.15) is 0 Å². The molecular weight excluding hydrogens is 232 g/mol. The van der Waals surface area contributed by atoms with Gasteiger partial charge in [0.15, 0.2) is 6.10 Å². The number of carboxylic acids is 1. The zero-order chi connectivity index (χ0) is 13.4. The van der Waals surface area contributed by atoms with Crippen LogP contribution in [0.4, 0.5) is 0 Å². The third kappa shape index (κ3) is 7.07. The van der Waals surface area contributed by atoms with Crippen molar-refractivity contribution in [2.75, 3.05) is 13.2 Å². The number of hydrogen-bond acceptors (Lipinski definition) is 6. The Bertz CT molecular complexity index is 321. The van der Waals surface area contributed by atoms with E-state index in [0.29, 0.717) is 0 Å². The molecule has 96 valence electrons. The Balaban J connectivity index is 3.75. The Labute approximate surface area is 97.6 Å². The molecular formula is C10H14O7. The Hall–Kier alpha value is -1.89. The van der Waals surface area contributed by atoms with Crippen molar-refractivity contribution in [3.05, 3.63) is 12.2 Å². The number of carbonyl (C=O) groups excluding carboxylic acids is 2.